The summed E-state index contributed by atoms with van der Waals surface area (Å²) < 4.78 is 16.1. The number of para-hydroxylation sites is 1. The van der Waals surface area contributed by atoms with Crippen LogP contribution in [0.5, 0.6) is 17.2 Å². The predicted octanol–water partition coefficient (Wildman–Crippen LogP) is 2.32. The van der Waals surface area contributed by atoms with E-state index in [1.165, 1.54) is 32.6 Å². The van der Waals surface area contributed by atoms with Crippen LogP contribution in [0.25, 0.3) is 10.9 Å². The number of hydrogen-bond donors (Lipinski definition) is 1. The molecule has 0 spiro atoms. The highest BCUT2D eigenvalue weighted by Gasteiger charge is 2.43. The molecule has 3 aromatic rings. The molecule has 0 aliphatic carbocycles. The van der Waals surface area contributed by atoms with Crippen molar-refractivity contribution < 1.29 is 23.8 Å². The number of piperazine rings is 1. The molecule has 0 bridgehead atoms. The fourth-order valence-corrected chi connectivity index (χ4v) is 4.57. The first-order chi connectivity index (χ1) is 16.0. The third-order valence-corrected chi connectivity index (χ3v) is 6.18. The third kappa shape index (κ3) is 3.45. The summed E-state index contributed by atoms with van der Waals surface area (Å²) in [5.41, 5.74) is 3.74. The van der Waals surface area contributed by atoms with Crippen LogP contribution in [0.1, 0.15) is 16.8 Å². The van der Waals surface area contributed by atoms with Crippen LogP contribution in [-0.4, -0.2) is 66.8 Å². The number of carbonyl (C=O) groups excluding carboxylic acids is 2. The maximum absolute atomic E-state index is 13.3. The van der Waals surface area contributed by atoms with Crippen molar-refractivity contribution in [3.05, 3.63) is 53.2 Å². The molecule has 0 radical (unpaired) electrons. The summed E-state index contributed by atoms with van der Waals surface area (Å²) in [6.45, 7) is 0.287. The highest BCUT2D eigenvalue weighted by molar-refractivity contribution is 5.97. The van der Waals surface area contributed by atoms with Crippen LogP contribution in [0.3, 0.4) is 0 Å². The molecule has 9 heteroatoms. The van der Waals surface area contributed by atoms with E-state index in [4.69, 9.17) is 14.2 Å². The normalized spacial score (nSPS) is 18.0. The van der Waals surface area contributed by atoms with Crippen molar-refractivity contribution in [1.29, 1.82) is 0 Å². The van der Waals surface area contributed by atoms with Crippen molar-refractivity contribution in [2.45, 2.75) is 19.0 Å². The summed E-state index contributed by atoms with van der Waals surface area (Å²) in [7, 11) is 4.59. The highest BCUT2D eigenvalue weighted by atomic mass is 16.5. The van der Waals surface area contributed by atoms with Gasteiger partial charge in [0.2, 0.25) is 11.7 Å². The van der Waals surface area contributed by atoms with Gasteiger partial charge in [-0.2, -0.15) is 5.10 Å². The standard InChI is InChI=1S/C24H24N4O5/c1-31-20-8-14(9-21(32-2)23(20)33-3)11-25-28-13-22(29)27-12-18-16(10-19(27)24(28)30)15-6-4-5-7-17(15)26-18/h4-9,11,19,26H,10,12-13H2,1-3H3. The number of fused-ring (bicyclic) bond motifs is 4. The van der Waals surface area contributed by atoms with Gasteiger partial charge in [-0.25, -0.2) is 5.01 Å². The Hall–Kier alpha value is -4.01. The van der Waals surface area contributed by atoms with E-state index in [-0.39, 0.29) is 18.4 Å². The number of aromatic amines is 1. The lowest BCUT2D eigenvalue weighted by Crippen LogP contribution is -2.60. The number of nitrogens with zero attached hydrogens (tertiary/aromatic N) is 3. The van der Waals surface area contributed by atoms with E-state index >= 15 is 0 Å². The van der Waals surface area contributed by atoms with Crippen LogP contribution in [0, 0.1) is 0 Å². The zero-order chi connectivity index (χ0) is 23.1. The van der Waals surface area contributed by atoms with Gasteiger partial charge in [-0.1, -0.05) is 18.2 Å². The van der Waals surface area contributed by atoms with Crippen LogP contribution in [0.2, 0.25) is 0 Å². The number of nitrogens with one attached hydrogen (secondary N) is 1. The van der Waals surface area contributed by atoms with Gasteiger partial charge in [-0.05, 0) is 23.8 Å². The van der Waals surface area contributed by atoms with E-state index < -0.39 is 6.04 Å². The molecule has 0 saturated carbocycles. The molecule has 170 valence electrons. The molecule has 2 aliphatic heterocycles. The average molecular weight is 448 g/mol. The summed E-state index contributed by atoms with van der Waals surface area (Å²) >= 11 is 0. The molecule has 3 heterocycles. The molecule has 5 rings (SSSR count). The van der Waals surface area contributed by atoms with Gasteiger partial charge in [0.25, 0.3) is 5.91 Å². The zero-order valence-electron chi connectivity index (χ0n) is 18.6. The molecule has 2 aromatic carbocycles. The Bertz CT molecular complexity index is 1260. The monoisotopic (exact) mass is 448 g/mol. The van der Waals surface area contributed by atoms with Crippen molar-refractivity contribution in [2.24, 2.45) is 5.10 Å². The number of H-pyrrole nitrogens is 1. The first-order valence-corrected chi connectivity index (χ1v) is 10.6. The van der Waals surface area contributed by atoms with Crippen LogP contribution < -0.4 is 14.2 Å². The van der Waals surface area contributed by atoms with Crippen molar-refractivity contribution in [1.82, 2.24) is 14.9 Å². The van der Waals surface area contributed by atoms with E-state index in [1.807, 2.05) is 24.3 Å². The minimum Gasteiger partial charge on any atom is -0.493 e. The summed E-state index contributed by atoms with van der Waals surface area (Å²) in [6, 6.07) is 10.9. The van der Waals surface area contributed by atoms with Gasteiger partial charge in [-0.3, -0.25) is 9.59 Å². The Morgan fingerprint density at radius 2 is 1.76 bits per heavy atom. The number of amides is 2. The fourth-order valence-electron chi connectivity index (χ4n) is 4.57. The first-order valence-electron chi connectivity index (χ1n) is 10.6. The Morgan fingerprint density at radius 1 is 1.03 bits per heavy atom. The number of rotatable bonds is 5. The molecule has 1 aromatic heterocycles. The minimum atomic E-state index is -0.574. The molecule has 1 fully saturated rings. The molecule has 1 saturated heterocycles. The van der Waals surface area contributed by atoms with Gasteiger partial charge in [0.1, 0.15) is 12.6 Å². The topological polar surface area (TPSA) is 96.5 Å². The summed E-state index contributed by atoms with van der Waals surface area (Å²) in [5, 5.41) is 6.67. The van der Waals surface area contributed by atoms with Crippen molar-refractivity contribution in [3.63, 3.8) is 0 Å². The molecule has 2 aliphatic rings. The number of hydrazone groups is 1. The molecular weight excluding hydrogens is 424 g/mol. The van der Waals surface area contributed by atoms with Crippen LogP contribution in [0.4, 0.5) is 0 Å². The predicted molar refractivity (Wildman–Crippen MR) is 122 cm³/mol. The second kappa shape index (κ2) is 8.16. The smallest absolute Gasteiger partial charge is 0.266 e. The number of aromatic nitrogens is 1. The van der Waals surface area contributed by atoms with E-state index in [9.17, 15) is 9.59 Å². The molecule has 1 N–H and O–H groups in total. The van der Waals surface area contributed by atoms with Gasteiger partial charge < -0.3 is 24.1 Å². The number of benzene rings is 2. The van der Waals surface area contributed by atoms with E-state index in [0.717, 1.165) is 22.2 Å². The number of ether oxygens (including phenoxy) is 3. The van der Waals surface area contributed by atoms with E-state index in [0.29, 0.717) is 35.8 Å². The Morgan fingerprint density at radius 3 is 2.45 bits per heavy atom. The largest absolute Gasteiger partial charge is 0.493 e. The maximum Gasteiger partial charge on any atom is 0.266 e. The van der Waals surface area contributed by atoms with Gasteiger partial charge >= 0.3 is 0 Å². The molecule has 1 unspecified atom stereocenters. The molecule has 2 amide bonds. The van der Waals surface area contributed by atoms with Crippen LogP contribution in [-0.2, 0) is 22.6 Å². The van der Waals surface area contributed by atoms with Crippen LogP contribution >= 0.6 is 0 Å². The van der Waals surface area contributed by atoms with Crippen LogP contribution in [0.15, 0.2) is 41.5 Å². The summed E-state index contributed by atoms with van der Waals surface area (Å²) in [4.78, 5) is 31.2. The molecule has 9 nitrogen and oxygen atoms in total. The summed E-state index contributed by atoms with van der Waals surface area (Å²) in [5.74, 6) is 1.09. The van der Waals surface area contributed by atoms with Gasteiger partial charge in [0, 0.05) is 28.6 Å². The SMILES string of the molecule is COc1cc(C=NN2CC(=O)N3Cc4[nH]c5ccccc5c4CC3C2=O)cc(OC)c1OC. The highest BCUT2D eigenvalue weighted by Crippen LogP contribution is 2.38. The number of carbonyl (C=O) groups is 2. The second-order valence-electron chi connectivity index (χ2n) is 7.97. The molecular formula is C24H24N4O5. The third-order valence-electron chi connectivity index (χ3n) is 6.18. The zero-order valence-corrected chi connectivity index (χ0v) is 18.6. The lowest BCUT2D eigenvalue weighted by Gasteiger charge is -2.40. The Kier molecular flexibility index (Phi) is 5.16. The Balaban J connectivity index is 1.42. The van der Waals surface area contributed by atoms with Crippen molar-refractivity contribution in [3.8, 4) is 17.2 Å². The van der Waals surface area contributed by atoms with Crippen molar-refractivity contribution >= 4 is 28.9 Å². The lowest BCUT2D eigenvalue weighted by molar-refractivity contribution is -0.157. The maximum atomic E-state index is 13.3. The fraction of sp³-hybridized carbons (Fsp3) is 0.292. The second-order valence-corrected chi connectivity index (χ2v) is 7.97. The van der Waals surface area contributed by atoms with E-state index in [2.05, 4.69) is 10.1 Å². The Labute approximate surface area is 190 Å². The first kappa shape index (κ1) is 20.9. The quantitative estimate of drug-likeness (QED) is 0.605. The molecule has 33 heavy (non-hydrogen) atoms. The summed E-state index contributed by atoms with van der Waals surface area (Å²) in [6.07, 6.45) is 1.98. The molecule has 1 atom stereocenters. The number of hydrogen-bond acceptors (Lipinski definition) is 6. The minimum absolute atomic E-state index is 0.105. The lowest BCUT2D eigenvalue weighted by atomic mass is 9.94. The van der Waals surface area contributed by atoms with Gasteiger partial charge in [-0.15, -0.1) is 0 Å². The van der Waals surface area contributed by atoms with E-state index in [1.54, 1.807) is 17.0 Å². The van der Waals surface area contributed by atoms with Gasteiger partial charge in [0.05, 0.1) is 34.1 Å². The average Bonchev–Trinajstić information content (AvgIpc) is 3.21. The number of methoxy groups -OCH3 is 3. The van der Waals surface area contributed by atoms with Crippen molar-refractivity contribution in [2.75, 3.05) is 27.9 Å². The van der Waals surface area contributed by atoms with Gasteiger partial charge in [0.15, 0.2) is 11.5 Å².